The molecule has 0 N–H and O–H groups in total. The molecule has 0 fully saturated rings. The van der Waals surface area contributed by atoms with Crippen molar-refractivity contribution in [3.63, 3.8) is 0 Å². The summed E-state index contributed by atoms with van der Waals surface area (Å²) in [5.74, 6) is 1.26. The van der Waals surface area contributed by atoms with Gasteiger partial charge in [0.05, 0.1) is 14.3 Å². The van der Waals surface area contributed by atoms with Crippen molar-refractivity contribution < 1.29 is 30.6 Å². The van der Waals surface area contributed by atoms with Gasteiger partial charge in [0.2, 0.25) is 0 Å². The first kappa shape index (κ1) is 18.8. The van der Waals surface area contributed by atoms with Gasteiger partial charge in [0.1, 0.15) is 5.76 Å². The van der Waals surface area contributed by atoms with E-state index in [2.05, 4.69) is 81.5 Å². The van der Waals surface area contributed by atoms with Crippen LogP contribution in [0, 0.1) is 6.92 Å². The van der Waals surface area contributed by atoms with Gasteiger partial charge in [0, 0.05) is 37.3 Å². The zero-order valence-corrected chi connectivity index (χ0v) is 19.7. The summed E-state index contributed by atoms with van der Waals surface area (Å²) in [5, 5.41) is 7.07. The maximum atomic E-state index is 5.53. The average Bonchev–Trinajstić information content (AvgIpc) is 3.31. The third kappa shape index (κ3) is 2.62. The minimum Gasteiger partial charge on any atom is -0.468 e. The van der Waals surface area contributed by atoms with Crippen LogP contribution in [0.5, 0.6) is 0 Å². The van der Waals surface area contributed by atoms with Crippen molar-refractivity contribution in [1.82, 2.24) is 0 Å². The quantitative estimate of drug-likeness (QED) is 0.210. The molecular formula is C24H23OSiZr-. The molecule has 1 aromatic heterocycles. The molecule has 2 bridgehead atoms. The van der Waals surface area contributed by atoms with Crippen LogP contribution in [0.15, 0.2) is 70.9 Å². The van der Waals surface area contributed by atoms with Gasteiger partial charge in [-0.05, 0) is 23.6 Å². The first-order valence-electron chi connectivity index (χ1n) is 9.32. The summed E-state index contributed by atoms with van der Waals surface area (Å²) in [6.07, 6.45) is 1.83. The fourth-order valence-corrected chi connectivity index (χ4v) is 9.44. The van der Waals surface area contributed by atoms with E-state index < -0.39 is 8.07 Å². The molecule has 7 rings (SSSR count). The zero-order valence-electron chi connectivity index (χ0n) is 16.3. The standard InChI is InChI=1S/C14H11.C10H12OSi.Zr/c1-10-8-12-7-6-11-4-2-3-5-13(11)14(12)9-10;1-6-9-7-4-5-11-8(7)10(6)12(9,2)3;/h2-9H,1H3;4-5,10H,1-3H3;/q-1;;. The summed E-state index contributed by atoms with van der Waals surface area (Å²) in [6, 6.07) is 19.6. The molecule has 0 radical (unpaired) electrons. The number of allylic oxidation sites excluding steroid dienone is 1. The van der Waals surface area contributed by atoms with E-state index in [-0.39, 0.29) is 26.2 Å². The Hall–Kier alpha value is -1.57. The maximum Gasteiger partial charge on any atom is 0.115 e. The van der Waals surface area contributed by atoms with Crippen molar-refractivity contribution >= 4 is 34.8 Å². The normalized spacial score (nSPS) is 18.6. The van der Waals surface area contributed by atoms with Gasteiger partial charge in [-0.15, -0.1) is 28.5 Å². The van der Waals surface area contributed by atoms with Crippen LogP contribution in [0.25, 0.3) is 26.7 Å². The Morgan fingerprint density at radius 3 is 2.48 bits per heavy atom. The first-order valence-corrected chi connectivity index (χ1v) is 12.4. The third-order valence-electron chi connectivity index (χ3n) is 6.18. The molecule has 1 unspecified atom stereocenters. The van der Waals surface area contributed by atoms with E-state index in [0.29, 0.717) is 5.54 Å². The fraction of sp³-hybridized carbons (Fsp3) is 0.208. The Balaban J connectivity index is 0.000000130. The van der Waals surface area contributed by atoms with Crippen molar-refractivity contribution in [1.29, 1.82) is 0 Å². The van der Waals surface area contributed by atoms with Crippen molar-refractivity contribution in [3.8, 4) is 0 Å². The molecule has 3 heterocycles. The number of furan rings is 1. The van der Waals surface area contributed by atoms with Gasteiger partial charge >= 0.3 is 0 Å². The Labute approximate surface area is 180 Å². The molecule has 27 heavy (non-hydrogen) atoms. The van der Waals surface area contributed by atoms with E-state index in [0.717, 1.165) is 0 Å². The second kappa shape index (κ2) is 6.50. The van der Waals surface area contributed by atoms with Crippen LogP contribution in [-0.4, -0.2) is 8.07 Å². The van der Waals surface area contributed by atoms with E-state index >= 15 is 0 Å². The van der Waals surface area contributed by atoms with Crippen molar-refractivity contribution in [2.24, 2.45) is 0 Å². The molecule has 1 aliphatic carbocycles. The maximum absolute atomic E-state index is 5.53. The second-order valence-corrected chi connectivity index (χ2v) is 12.8. The van der Waals surface area contributed by atoms with E-state index in [1.165, 1.54) is 38.4 Å². The van der Waals surface area contributed by atoms with Gasteiger partial charge in [-0.2, -0.15) is 6.07 Å². The molecule has 2 aliphatic heterocycles. The molecular weight excluding hydrogens is 424 g/mol. The molecule has 0 saturated carbocycles. The molecule has 134 valence electrons. The van der Waals surface area contributed by atoms with Gasteiger partial charge in [0.25, 0.3) is 0 Å². The SMILES string of the molecule is CC1=C2c3ccoc3C1[Si]2(C)C.Cc1cc2c(ccc3ccccc32)[cH-]1.[Zr]. The molecule has 1 nitrogen and oxygen atoms in total. The van der Waals surface area contributed by atoms with Crippen molar-refractivity contribution in [2.75, 3.05) is 0 Å². The van der Waals surface area contributed by atoms with Crippen LogP contribution >= 0.6 is 0 Å². The largest absolute Gasteiger partial charge is 0.468 e. The Morgan fingerprint density at radius 1 is 0.963 bits per heavy atom. The van der Waals surface area contributed by atoms with Gasteiger partial charge < -0.3 is 4.42 Å². The summed E-state index contributed by atoms with van der Waals surface area (Å²) in [5.41, 5.74) is 5.06. The summed E-state index contributed by atoms with van der Waals surface area (Å²) in [6.45, 7) is 9.29. The second-order valence-electron chi connectivity index (χ2n) is 8.23. The number of fused-ring (bicyclic) bond motifs is 3. The van der Waals surface area contributed by atoms with Crippen LogP contribution in [0.2, 0.25) is 13.1 Å². The van der Waals surface area contributed by atoms with Gasteiger partial charge in [0.15, 0.2) is 0 Å². The monoisotopic (exact) mass is 445 g/mol. The minimum absolute atomic E-state index is 0. The van der Waals surface area contributed by atoms with Gasteiger partial charge in [-0.3, -0.25) is 0 Å². The topological polar surface area (TPSA) is 13.1 Å². The van der Waals surface area contributed by atoms with E-state index in [1.807, 2.05) is 6.26 Å². The summed E-state index contributed by atoms with van der Waals surface area (Å²) in [4.78, 5) is 0. The molecule has 4 aromatic rings. The Morgan fingerprint density at radius 2 is 1.74 bits per heavy atom. The van der Waals surface area contributed by atoms with Crippen LogP contribution < -0.4 is 0 Å². The van der Waals surface area contributed by atoms with E-state index in [4.69, 9.17) is 4.42 Å². The summed E-state index contributed by atoms with van der Waals surface area (Å²) >= 11 is 0. The number of aryl methyl sites for hydroxylation is 1. The third-order valence-corrected chi connectivity index (χ3v) is 10.3. The summed E-state index contributed by atoms with van der Waals surface area (Å²) in [7, 11) is -1.08. The molecule has 0 saturated heterocycles. The number of hydrogen-bond donors (Lipinski definition) is 0. The number of benzene rings is 2. The van der Waals surface area contributed by atoms with E-state index in [9.17, 15) is 0 Å². The molecule has 3 aromatic carbocycles. The molecule has 1 atom stereocenters. The van der Waals surface area contributed by atoms with Crippen LogP contribution in [0.3, 0.4) is 0 Å². The Bertz CT molecular complexity index is 1190. The van der Waals surface area contributed by atoms with Gasteiger partial charge in [-0.1, -0.05) is 61.3 Å². The summed E-state index contributed by atoms with van der Waals surface area (Å²) < 4.78 is 5.53. The molecule has 3 heteroatoms. The van der Waals surface area contributed by atoms with E-state index in [1.54, 1.807) is 10.8 Å². The smallest absolute Gasteiger partial charge is 0.115 e. The molecule has 0 amide bonds. The van der Waals surface area contributed by atoms with Crippen LogP contribution in [0.4, 0.5) is 0 Å². The Kier molecular flexibility index (Phi) is 4.52. The van der Waals surface area contributed by atoms with Gasteiger partial charge in [-0.25, -0.2) is 0 Å². The van der Waals surface area contributed by atoms with Crippen LogP contribution in [-0.2, 0) is 26.2 Å². The molecule has 3 aliphatic rings. The molecule has 0 spiro atoms. The van der Waals surface area contributed by atoms with Crippen molar-refractivity contribution in [2.45, 2.75) is 32.5 Å². The minimum atomic E-state index is -1.08. The predicted octanol–water partition coefficient (Wildman–Crippen LogP) is 6.97. The average molecular weight is 447 g/mol. The number of rotatable bonds is 0. The fourth-order valence-electron chi connectivity index (χ4n) is 5.21. The predicted molar refractivity (Wildman–Crippen MR) is 113 cm³/mol. The first-order chi connectivity index (χ1) is 12.5. The van der Waals surface area contributed by atoms with Crippen molar-refractivity contribution in [3.05, 3.63) is 83.3 Å². The number of hydrogen-bond acceptors (Lipinski definition) is 1. The van der Waals surface area contributed by atoms with Crippen LogP contribution in [0.1, 0.15) is 29.4 Å². The zero-order chi connectivity index (χ0) is 18.1.